The summed E-state index contributed by atoms with van der Waals surface area (Å²) in [5.74, 6) is 3.09. The topological polar surface area (TPSA) is 91.2 Å². The minimum absolute atomic E-state index is 0.156. The van der Waals surface area contributed by atoms with E-state index in [1.807, 2.05) is 38.1 Å². The van der Waals surface area contributed by atoms with Gasteiger partial charge in [-0.05, 0) is 38.1 Å². The Morgan fingerprint density at radius 1 is 1.08 bits per heavy atom. The fourth-order valence-electron chi connectivity index (χ4n) is 2.10. The van der Waals surface area contributed by atoms with Crippen molar-refractivity contribution in [2.75, 3.05) is 7.11 Å². The lowest BCUT2D eigenvalue weighted by Crippen LogP contribution is -2.00. The van der Waals surface area contributed by atoms with Gasteiger partial charge in [-0.1, -0.05) is 5.16 Å². The van der Waals surface area contributed by atoms with Crippen molar-refractivity contribution in [1.29, 1.82) is 0 Å². The second kappa shape index (κ2) is 6.96. The molecule has 8 heteroatoms. The number of aryl methyl sites for hydroxylation is 2. The van der Waals surface area contributed by atoms with Crippen LogP contribution in [0.15, 0.2) is 33.2 Å². The molecule has 1 aromatic carbocycles. The number of nitrogens with zero attached hydrogens (tertiary/aromatic N) is 3. The van der Waals surface area contributed by atoms with Crippen LogP contribution in [0.4, 0.5) is 0 Å². The van der Waals surface area contributed by atoms with Gasteiger partial charge in [-0.25, -0.2) is 4.98 Å². The molecule has 7 nitrogen and oxygen atoms in total. The average Bonchev–Trinajstić information content (AvgIpc) is 3.14. The Bertz CT molecular complexity index is 835. The lowest BCUT2D eigenvalue weighted by atomic mass is 10.2. The number of benzene rings is 1. The van der Waals surface area contributed by atoms with Crippen molar-refractivity contribution < 1.29 is 17.9 Å². The molecule has 0 aliphatic carbocycles. The molecule has 0 radical (unpaired) electrons. The highest BCUT2D eigenvalue weighted by Gasteiger charge is 2.15. The van der Waals surface area contributed by atoms with Gasteiger partial charge < -0.3 is 13.7 Å². The van der Waals surface area contributed by atoms with Crippen molar-refractivity contribution in [3.63, 3.8) is 0 Å². The third-order valence-electron chi connectivity index (χ3n) is 3.46. The first-order valence-electron chi connectivity index (χ1n) is 7.30. The predicted molar refractivity (Wildman–Crippen MR) is 87.8 cm³/mol. The summed E-state index contributed by atoms with van der Waals surface area (Å²) in [4.78, 5) is 8.50. The zero-order valence-electron chi connectivity index (χ0n) is 13.6. The number of rotatable bonds is 6. The van der Waals surface area contributed by atoms with Gasteiger partial charge in [-0.2, -0.15) is 4.98 Å². The van der Waals surface area contributed by atoms with Crippen LogP contribution in [-0.4, -0.2) is 26.4 Å². The summed E-state index contributed by atoms with van der Waals surface area (Å²) in [6.07, 6.45) is 0. The quantitative estimate of drug-likeness (QED) is 0.677. The minimum atomic E-state index is -1.24. The van der Waals surface area contributed by atoms with Gasteiger partial charge in [0.2, 0.25) is 17.6 Å². The highest BCUT2D eigenvalue weighted by molar-refractivity contribution is 7.83. The van der Waals surface area contributed by atoms with Gasteiger partial charge in [-0.15, -0.1) is 0 Å². The van der Waals surface area contributed by atoms with Gasteiger partial charge in [0.1, 0.15) is 23.0 Å². The summed E-state index contributed by atoms with van der Waals surface area (Å²) in [6, 6.07) is 7.30. The summed E-state index contributed by atoms with van der Waals surface area (Å²) >= 11 is 0. The molecule has 0 saturated carbocycles. The number of ether oxygens (including phenoxy) is 1. The summed E-state index contributed by atoms with van der Waals surface area (Å²) < 4.78 is 27.9. The van der Waals surface area contributed by atoms with Gasteiger partial charge in [0.25, 0.3) is 0 Å². The predicted octanol–water partition coefficient (Wildman–Crippen LogP) is 2.80. The highest BCUT2D eigenvalue weighted by atomic mass is 32.2. The van der Waals surface area contributed by atoms with Crippen molar-refractivity contribution in [2.24, 2.45) is 0 Å². The molecule has 2 aromatic heterocycles. The molecule has 1 atom stereocenters. The smallest absolute Gasteiger partial charge is 0.239 e. The maximum absolute atomic E-state index is 12.2. The molecule has 24 heavy (non-hydrogen) atoms. The van der Waals surface area contributed by atoms with Crippen LogP contribution in [0.2, 0.25) is 0 Å². The van der Waals surface area contributed by atoms with Crippen LogP contribution < -0.4 is 4.74 Å². The number of hydrogen-bond donors (Lipinski definition) is 0. The zero-order valence-corrected chi connectivity index (χ0v) is 14.4. The van der Waals surface area contributed by atoms with Gasteiger partial charge in [0.05, 0.1) is 12.8 Å². The molecule has 0 bridgehead atoms. The van der Waals surface area contributed by atoms with E-state index in [2.05, 4.69) is 15.1 Å². The molecule has 3 rings (SSSR count). The molecule has 0 aliphatic rings. The maximum Gasteiger partial charge on any atom is 0.239 e. The molecule has 0 N–H and O–H groups in total. The van der Waals surface area contributed by atoms with Gasteiger partial charge >= 0.3 is 0 Å². The van der Waals surface area contributed by atoms with Crippen LogP contribution in [0.1, 0.15) is 23.2 Å². The van der Waals surface area contributed by atoms with E-state index in [-0.39, 0.29) is 11.5 Å². The summed E-state index contributed by atoms with van der Waals surface area (Å²) in [5, 5.41) is 3.92. The van der Waals surface area contributed by atoms with Crippen LogP contribution in [-0.2, 0) is 22.3 Å². The summed E-state index contributed by atoms with van der Waals surface area (Å²) in [6.45, 7) is 3.68. The Morgan fingerprint density at radius 2 is 1.79 bits per heavy atom. The third kappa shape index (κ3) is 3.70. The normalized spacial score (nSPS) is 12.3. The Labute approximate surface area is 141 Å². The van der Waals surface area contributed by atoms with Crippen LogP contribution in [0.5, 0.6) is 5.75 Å². The fraction of sp³-hybridized carbons (Fsp3) is 0.312. The maximum atomic E-state index is 12.2. The van der Waals surface area contributed by atoms with Crippen LogP contribution in [0.3, 0.4) is 0 Å². The lowest BCUT2D eigenvalue weighted by Gasteiger charge is -1.98. The van der Waals surface area contributed by atoms with Crippen LogP contribution in [0, 0.1) is 13.8 Å². The van der Waals surface area contributed by atoms with E-state index in [9.17, 15) is 4.21 Å². The van der Waals surface area contributed by atoms with Crippen molar-refractivity contribution in [1.82, 2.24) is 15.1 Å². The monoisotopic (exact) mass is 347 g/mol. The first-order valence-corrected chi connectivity index (χ1v) is 8.79. The first kappa shape index (κ1) is 16.4. The second-order valence-electron chi connectivity index (χ2n) is 5.22. The largest absolute Gasteiger partial charge is 0.497 e. The molecular formula is C16H17N3O4S. The second-order valence-corrected chi connectivity index (χ2v) is 6.67. The molecule has 3 aromatic rings. The third-order valence-corrected chi connectivity index (χ3v) is 4.60. The van der Waals surface area contributed by atoms with Gasteiger partial charge in [0, 0.05) is 16.4 Å². The summed E-state index contributed by atoms with van der Waals surface area (Å²) in [7, 11) is 0.367. The van der Waals surface area contributed by atoms with Gasteiger partial charge in [0.15, 0.2) is 0 Å². The van der Waals surface area contributed by atoms with E-state index in [1.165, 1.54) is 0 Å². The average molecular weight is 347 g/mol. The molecule has 0 amide bonds. The van der Waals surface area contributed by atoms with E-state index in [0.717, 1.165) is 22.8 Å². The van der Waals surface area contributed by atoms with E-state index >= 15 is 0 Å². The van der Waals surface area contributed by atoms with Crippen molar-refractivity contribution in [3.05, 3.63) is 47.5 Å². The molecule has 0 saturated heterocycles. The van der Waals surface area contributed by atoms with E-state index in [1.54, 1.807) is 7.11 Å². The molecular weight excluding hydrogens is 330 g/mol. The van der Waals surface area contributed by atoms with Gasteiger partial charge in [-0.3, -0.25) is 4.21 Å². The molecule has 2 heterocycles. The SMILES string of the molecule is COc1ccc(-c2noc(CS(=O)Cc3nc(C)c(C)o3)n2)cc1. The van der Waals surface area contributed by atoms with Crippen molar-refractivity contribution in [2.45, 2.75) is 25.4 Å². The van der Waals surface area contributed by atoms with Crippen molar-refractivity contribution in [3.8, 4) is 17.1 Å². The Kier molecular flexibility index (Phi) is 4.75. The lowest BCUT2D eigenvalue weighted by molar-refractivity contribution is 0.390. The van der Waals surface area contributed by atoms with E-state index in [0.29, 0.717) is 17.6 Å². The number of methoxy groups -OCH3 is 1. The number of hydrogen-bond acceptors (Lipinski definition) is 7. The standard InChI is InChI=1S/C16H17N3O4S/c1-10-11(2)22-14(17-10)8-24(20)9-15-18-16(19-23-15)12-4-6-13(21-3)7-5-12/h4-7H,8-9H2,1-3H3. The molecule has 0 fully saturated rings. The summed E-state index contributed by atoms with van der Waals surface area (Å²) in [5.41, 5.74) is 1.61. The molecule has 0 spiro atoms. The Morgan fingerprint density at radius 3 is 2.42 bits per heavy atom. The fourth-order valence-corrected chi connectivity index (χ4v) is 2.99. The van der Waals surface area contributed by atoms with E-state index in [4.69, 9.17) is 13.7 Å². The number of aromatic nitrogens is 3. The molecule has 1 unspecified atom stereocenters. The van der Waals surface area contributed by atoms with Crippen LogP contribution >= 0.6 is 0 Å². The van der Waals surface area contributed by atoms with Crippen LogP contribution in [0.25, 0.3) is 11.4 Å². The Hall–Kier alpha value is -2.48. The number of oxazole rings is 1. The minimum Gasteiger partial charge on any atom is -0.497 e. The highest BCUT2D eigenvalue weighted by Crippen LogP contribution is 2.20. The molecule has 126 valence electrons. The van der Waals surface area contributed by atoms with Crippen molar-refractivity contribution >= 4 is 10.8 Å². The zero-order chi connectivity index (χ0) is 17.1. The molecule has 0 aliphatic heterocycles. The van der Waals surface area contributed by atoms with E-state index < -0.39 is 10.8 Å². The first-order chi connectivity index (χ1) is 11.5. The Balaban J connectivity index is 1.65.